The lowest BCUT2D eigenvalue weighted by molar-refractivity contribution is 0.0750. The van der Waals surface area contributed by atoms with Gasteiger partial charge in [-0.3, -0.25) is 4.79 Å². The molecule has 6 nitrogen and oxygen atoms in total. The summed E-state index contributed by atoms with van der Waals surface area (Å²) >= 11 is 1.49. The van der Waals surface area contributed by atoms with Gasteiger partial charge in [0.2, 0.25) is 0 Å². The van der Waals surface area contributed by atoms with Crippen molar-refractivity contribution in [2.24, 2.45) is 0 Å². The molecule has 126 valence electrons. The van der Waals surface area contributed by atoms with Crippen LogP contribution in [-0.4, -0.2) is 52.2 Å². The first-order valence-corrected chi connectivity index (χ1v) is 9.27. The maximum absolute atomic E-state index is 12.7. The van der Waals surface area contributed by atoms with E-state index in [4.69, 9.17) is 0 Å². The van der Waals surface area contributed by atoms with E-state index in [1.807, 2.05) is 18.7 Å². The third-order valence-corrected chi connectivity index (χ3v) is 5.86. The van der Waals surface area contributed by atoms with Gasteiger partial charge in [0.15, 0.2) is 5.82 Å². The number of anilines is 1. The fourth-order valence-electron chi connectivity index (χ4n) is 3.48. The molecule has 0 N–H and O–H groups in total. The highest BCUT2D eigenvalue weighted by atomic mass is 32.1. The highest BCUT2D eigenvalue weighted by molar-refractivity contribution is 7.13. The summed E-state index contributed by atoms with van der Waals surface area (Å²) in [5.41, 5.74) is 3.34. The quantitative estimate of drug-likeness (QED) is 0.835. The summed E-state index contributed by atoms with van der Waals surface area (Å²) in [5.74, 6) is 1.06. The zero-order valence-electron chi connectivity index (χ0n) is 14.1. The van der Waals surface area contributed by atoms with Crippen molar-refractivity contribution < 1.29 is 4.79 Å². The molecule has 0 radical (unpaired) electrons. The Hall–Kier alpha value is -2.02. The first-order chi connectivity index (χ1) is 11.6. The lowest BCUT2D eigenvalue weighted by atomic mass is 10.2. The van der Waals surface area contributed by atoms with Crippen molar-refractivity contribution in [1.29, 1.82) is 0 Å². The number of fused-ring (bicyclic) bond motifs is 1. The van der Waals surface area contributed by atoms with Crippen LogP contribution in [-0.2, 0) is 12.8 Å². The van der Waals surface area contributed by atoms with Crippen LogP contribution in [0.25, 0.3) is 0 Å². The third-order valence-electron chi connectivity index (χ3n) is 4.80. The smallest absolute Gasteiger partial charge is 0.265 e. The Balaban J connectivity index is 1.43. The summed E-state index contributed by atoms with van der Waals surface area (Å²) in [7, 11) is 0. The molecular formula is C17H21N5OS. The normalized spacial score (nSPS) is 17.2. The number of thiazole rings is 1. The molecular weight excluding hydrogens is 322 g/mol. The van der Waals surface area contributed by atoms with Gasteiger partial charge < -0.3 is 9.80 Å². The van der Waals surface area contributed by atoms with Gasteiger partial charge in [-0.25, -0.2) is 4.98 Å². The molecule has 1 fully saturated rings. The fourth-order valence-corrected chi connectivity index (χ4v) is 4.37. The molecule has 0 atom stereocenters. The lowest BCUT2D eigenvalue weighted by Crippen LogP contribution is -2.49. The number of nitrogens with zero attached hydrogens (tertiary/aromatic N) is 5. The van der Waals surface area contributed by atoms with E-state index in [1.165, 1.54) is 23.3 Å². The van der Waals surface area contributed by atoms with E-state index in [2.05, 4.69) is 26.1 Å². The molecule has 2 aliphatic rings. The second-order valence-electron chi connectivity index (χ2n) is 6.45. The first kappa shape index (κ1) is 15.5. The Morgan fingerprint density at radius 1 is 1.12 bits per heavy atom. The van der Waals surface area contributed by atoms with Gasteiger partial charge in [-0.15, -0.1) is 16.4 Å². The third kappa shape index (κ3) is 2.77. The number of rotatable bonds is 2. The summed E-state index contributed by atoms with van der Waals surface area (Å²) in [6, 6.07) is 2.18. The van der Waals surface area contributed by atoms with Crippen LogP contribution in [0.2, 0.25) is 0 Å². The Kier molecular flexibility index (Phi) is 3.96. The van der Waals surface area contributed by atoms with Crippen LogP contribution in [0.4, 0.5) is 5.82 Å². The lowest BCUT2D eigenvalue weighted by Gasteiger charge is -2.35. The number of carbonyl (C=O) groups is 1. The van der Waals surface area contributed by atoms with Crippen molar-refractivity contribution in [1.82, 2.24) is 20.1 Å². The largest absolute Gasteiger partial charge is 0.352 e. The van der Waals surface area contributed by atoms with Crippen molar-refractivity contribution in [3.63, 3.8) is 0 Å². The molecule has 7 heteroatoms. The Bertz CT molecular complexity index is 779. The fraction of sp³-hybridized carbons (Fsp3) is 0.529. The first-order valence-electron chi connectivity index (χ1n) is 8.45. The maximum Gasteiger partial charge on any atom is 0.265 e. The highest BCUT2D eigenvalue weighted by Gasteiger charge is 2.26. The standard InChI is InChI=1S/C17H21N5OS/c1-11-16(24-12(2)18-11)17(23)22-8-6-21(7-9-22)15-10-13-4-3-5-14(13)19-20-15/h10H,3-9H2,1-2H3. The van der Waals surface area contributed by atoms with Crippen LogP contribution in [0.15, 0.2) is 6.07 Å². The van der Waals surface area contributed by atoms with Crippen molar-refractivity contribution >= 4 is 23.1 Å². The summed E-state index contributed by atoms with van der Waals surface area (Å²) < 4.78 is 0. The predicted molar refractivity (Wildman–Crippen MR) is 93.8 cm³/mol. The number of aryl methyl sites for hydroxylation is 4. The number of hydrogen-bond acceptors (Lipinski definition) is 6. The molecule has 4 rings (SSSR count). The van der Waals surface area contributed by atoms with Gasteiger partial charge in [0, 0.05) is 26.2 Å². The van der Waals surface area contributed by atoms with Crippen molar-refractivity contribution in [2.45, 2.75) is 33.1 Å². The summed E-state index contributed by atoms with van der Waals surface area (Å²) in [5, 5.41) is 9.70. The molecule has 1 saturated heterocycles. The molecule has 0 saturated carbocycles. The molecule has 2 aromatic heterocycles. The van der Waals surface area contributed by atoms with E-state index < -0.39 is 0 Å². The molecule has 1 amide bonds. The molecule has 0 unspecified atom stereocenters. The van der Waals surface area contributed by atoms with E-state index in [-0.39, 0.29) is 5.91 Å². The predicted octanol–water partition coefficient (Wildman–Crippen LogP) is 2.00. The number of carbonyl (C=O) groups excluding carboxylic acids is 1. The van der Waals surface area contributed by atoms with Gasteiger partial charge >= 0.3 is 0 Å². The van der Waals surface area contributed by atoms with Crippen LogP contribution >= 0.6 is 11.3 Å². The molecule has 3 heterocycles. The van der Waals surface area contributed by atoms with Gasteiger partial charge in [-0.2, -0.15) is 5.10 Å². The number of aromatic nitrogens is 3. The van der Waals surface area contributed by atoms with Gasteiger partial charge in [0.05, 0.1) is 16.4 Å². The zero-order chi connectivity index (χ0) is 16.7. The van der Waals surface area contributed by atoms with Crippen molar-refractivity contribution in [3.8, 4) is 0 Å². The minimum absolute atomic E-state index is 0.109. The summed E-state index contributed by atoms with van der Waals surface area (Å²) in [6.45, 7) is 6.89. The van der Waals surface area contributed by atoms with E-state index in [0.29, 0.717) is 13.1 Å². The van der Waals surface area contributed by atoms with Gasteiger partial charge in [0.25, 0.3) is 5.91 Å². The molecule has 0 bridgehead atoms. The Morgan fingerprint density at radius 3 is 2.62 bits per heavy atom. The van der Waals surface area contributed by atoms with Crippen LogP contribution in [0.1, 0.15) is 38.1 Å². The SMILES string of the molecule is Cc1nc(C)c(C(=O)N2CCN(c3cc4c(nn3)CCC4)CC2)s1. The van der Waals surface area contributed by atoms with Crippen molar-refractivity contribution in [3.05, 3.63) is 32.9 Å². The van der Waals surface area contributed by atoms with E-state index >= 15 is 0 Å². The zero-order valence-corrected chi connectivity index (χ0v) is 14.9. The van der Waals surface area contributed by atoms with Gasteiger partial charge in [0.1, 0.15) is 4.88 Å². The number of hydrogen-bond donors (Lipinski definition) is 0. The minimum atomic E-state index is 0.109. The summed E-state index contributed by atoms with van der Waals surface area (Å²) in [6.07, 6.45) is 3.35. The maximum atomic E-state index is 12.7. The Morgan fingerprint density at radius 2 is 1.92 bits per heavy atom. The number of piperazine rings is 1. The van der Waals surface area contributed by atoms with Crippen LogP contribution in [0.5, 0.6) is 0 Å². The van der Waals surface area contributed by atoms with E-state index in [9.17, 15) is 4.79 Å². The van der Waals surface area contributed by atoms with E-state index in [0.717, 1.165) is 53.0 Å². The second-order valence-corrected chi connectivity index (χ2v) is 7.66. The summed E-state index contributed by atoms with van der Waals surface area (Å²) in [4.78, 5) is 22.0. The molecule has 0 aromatic carbocycles. The average molecular weight is 343 g/mol. The minimum Gasteiger partial charge on any atom is -0.352 e. The van der Waals surface area contributed by atoms with Gasteiger partial charge in [-0.05, 0) is 44.7 Å². The van der Waals surface area contributed by atoms with E-state index in [1.54, 1.807) is 0 Å². The molecule has 24 heavy (non-hydrogen) atoms. The highest BCUT2D eigenvalue weighted by Crippen LogP contribution is 2.24. The monoisotopic (exact) mass is 343 g/mol. The topological polar surface area (TPSA) is 62.2 Å². The van der Waals surface area contributed by atoms with Crippen LogP contribution < -0.4 is 4.90 Å². The molecule has 2 aromatic rings. The molecule has 1 aliphatic carbocycles. The van der Waals surface area contributed by atoms with Crippen molar-refractivity contribution in [2.75, 3.05) is 31.1 Å². The van der Waals surface area contributed by atoms with Crippen LogP contribution in [0.3, 0.4) is 0 Å². The molecule has 0 spiro atoms. The molecule has 1 aliphatic heterocycles. The van der Waals surface area contributed by atoms with Crippen LogP contribution in [0, 0.1) is 13.8 Å². The van der Waals surface area contributed by atoms with Gasteiger partial charge in [-0.1, -0.05) is 0 Å². The second kappa shape index (κ2) is 6.12. The average Bonchev–Trinajstić information content (AvgIpc) is 3.19. The number of amides is 1. The Labute approximate surface area is 145 Å².